The van der Waals surface area contributed by atoms with E-state index in [9.17, 15) is 4.79 Å². The highest BCUT2D eigenvalue weighted by molar-refractivity contribution is 5.77. The Bertz CT molecular complexity index is 617. The number of aromatic nitrogens is 2. The number of hydrogen-bond acceptors (Lipinski definition) is 5. The average molecular weight is 315 g/mol. The smallest absolute Gasteiger partial charge is 0.258 e. The van der Waals surface area contributed by atoms with Crippen molar-refractivity contribution in [2.24, 2.45) is 5.92 Å². The van der Waals surface area contributed by atoms with Crippen molar-refractivity contribution in [3.05, 3.63) is 30.7 Å². The van der Waals surface area contributed by atoms with Crippen molar-refractivity contribution in [3.8, 4) is 17.2 Å². The largest absolute Gasteiger partial charge is 0.484 e. The number of amides is 1. The summed E-state index contributed by atoms with van der Waals surface area (Å²) in [7, 11) is 0. The molecule has 1 fully saturated rings. The quantitative estimate of drug-likeness (QED) is 0.918. The van der Waals surface area contributed by atoms with Gasteiger partial charge in [-0.05, 0) is 55.9 Å². The Hall–Kier alpha value is -2.37. The summed E-state index contributed by atoms with van der Waals surface area (Å²) in [5.74, 6) is 1.81. The number of rotatable bonds is 5. The maximum atomic E-state index is 12.0. The first-order chi connectivity index (χ1) is 11.2. The zero-order valence-corrected chi connectivity index (χ0v) is 13.2. The average Bonchev–Trinajstić information content (AvgIpc) is 3.10. The first-order valence-corrected chi connectivity index (χ1v) is 7.99. The number of benzene rings is 1. The molecule has 1 saturated carbocycles. The van der Waals surface area contributed by atoms with Gasteiger partial charge in [0.2, 0.25) is 12.3 Å². The number of nitrogens with one attached hydrogen (secondary N) is 1. The Morgan fingerprint density at radius 1 is 1.26 bits per heavy atom. The van der Waals surface area contributed by atoms with Crippen LogP contribution in [0.15, 0.2) is 35.1 Å². The molecule has 0 aliphatic heterocycles. The zero-order chi connectivity index (χ0) is 16.1. The van der Waals surface area contributed by atoms with Crippen LogP contribution in [0.25, 0.3) is 11.5 Å². The maximum absolute atomic E-state index is 12.0. The molecular weight excluding hydrogens is 294 g/mol. The van der Waals surface area contributed by atoms with Gasteiger partial charge < -0.3 is 14.5 Å². The van der Waals surface area contributed by atoms with Crippen molar-refractivity contribution in [1.82, 2.24) is 15.5 Å². The van der Waals surface area contributed by atoms with E-state index in [1.807, 2.05) is 12.1 Å². The molecule has 6 heteroatoms. The van der Waals surface area contributed by atoms with Crippen LogP contribution in [-0.4, -0.2) is 28.8 Å². The van der Waals surface area contributed by atoms with Crippen molar-refractivity contribution in [1.29, 1.82) is 0 Å². The lowest BCUT2D eigenvalue weighted by atomic mass is 9.87. The van der Waals surface area contributed by atoms with E-state index < -0.39 is 0 Å². The minimum atomic E-state index is -0.0643. The Morgan fingerprint density at radius 3 is 2.65 bits per heavy atom. The molecule has 1 aromatic carbocycles. The lowest BCUT2D eigenvalue weighted by molar-refractivity contribution is -0.124. The fourth-order valence-electron chi connectivity index (χ4n) is 2.82. The highest BCUT2D eigenvalue weighted by Crippen LogP contribution is 2.23. The molecule has 0 unspecified atom stereocenters. The predicted molar refractivity (Wildman–Crippen MR) is 84.8 cm³/mol. The minimum Gasteiger partial charge on any atom is -0.484 e. The summed E-state index contributed by atoms with van der Waals surface area (Å²) in [6.07, 6.45) is 5.78. The first kappa shape index (κ1) is 15.5. The highest BCUT2D eigenvalue weighted by Gasteiger charge is 2.19. The molecule has 1 aromatic heterocycles. The van der Waals surface area contributed by atoms with E-state index in [2.05, 4.69) is 22.4 Å². The second kappa shape index (κ2) is 7.26. The summed E-state index contributed by atoms with van der Waals surface area (Å²) >= 11 is 0. The summed E-state index contributed by atoms with van der Waals surface area (Å²) in [6.45, 7) is 2.30. The number of carbonyl (C=O) groups is 1. The first-order valence-electron chi connectivity index (χ1n) is 7.99. The van der Waals surface area contributed by atoms with Crippen molar-refractivity contribution < 1.29 is 13.9 Å². The van der Waals surface area contributed by atoms with Gasteiger partial charge in [-0.25, -0.2) is 0 Å². The van der Waals surface area contributed by atoms with E-state index >= 15 is 0 Å². The van der Waals surface area contributed by atoms with Crippen LogP contribution in [0.1, 0.15) is 32.6 Å². The second-order valence-corrected chi connectivity index (χ2v) is 6.08. The van der Waals surface area contributed by atoms with Crippen molar-refractivity contribution >= 4 is 5.91 Å². The molecule has 122 valence electrons. The third kappa shape index (κ3) is 4.31. The molecule has 3 rings (SSSR count). The van der Waals surface area contributed by atoms with Gasteiger partial charge in [0, 0.05) is 11.6 Å². The second-order valence-electron chi connectivity index (χ2n) is 6.08. The summed E-state index contributed by atoms with van der Waals surface area (Å²) in [4.78, 5) is 12.0. The van der Waals surface area contributed by atoms with Gasteiger partial charge in [-0.3, -0.25) is 4.79 Å². The standard InChI is InChI=1S/C17H21N3O3/c1-12-2-6-14(7-3-12)19-16(21)10-22-15-8-4-13(5-9-15)17-20-18-11-23-17/h4-5,8-9,11-12,14H,2-3,6-7,10H2,1H3,(H,19,21). The van der Waals surface area contributed by atoms with Crippen LogP contribution in [0, 0.1) is 5.92 Å². The molecule has 0 spiro atoms. The Labute approximate surface area is 135 Å². The van der Waals surface area contributed by atoms with Gasteiger partial charge in [-0.15, -0.1) is 10.2 Å². The minimum absolute atomic E-state index is 0.0337. The topological polar surface area (TPSA) is 77.2 Å². The van der Waals surface area contributed by atoms with Gasteiger partial charge in [0.1, 0.15) is 5.75 Å². The van der Waals surface area contributed by atoms with Crippen LogP contribution in [0.3, 0.4) is 0 Å². The Kier molecular flexibility index (Phi) is 4.90. The molecule has 0 atom stereocenters. The van der Waals surface area contributed by atoms with Crippen LogP contribution in [0.5, 0.6) is 5.75 Å². The SMILES string of the molecule is CC1CCC(NC(=O)COc2ccc(-c3nnco3)cc2)CC1. The number of nitrogens with zero attached hydrogens (tertiary/aromatic N) is 2. The third-order valence-electron chi connectivity index (χ3n) is 4.21. The van der Waals surface area contributed by atoms with Gasteiger partial charge in [-0.2, -0.15) is 0 Å². The van der Waals surface area contributed by atoms with Crippen LogP contribution in [0.2, 0.25) is 0 Å². The normalized spacial score (nSPS) is 20.9. The molecule has 23 heavy (non-hydrogen) atoms. The lowest BCUT2D eigenvalue weighted by Crippen LogP contribution is -2.39. The van der Waals surface area contributed by atoms with E-state index in [0.29, 0.717) is 17.7 Å². The van der Waals surface area contributed by atoms with Crippen LogP contribution in [0.4, 0.5) is 0 Å². The molecule has 1 amide bonds. The molecule has 2 aromatic rings. The maximum Gasteiger partial charge on any atom is 0.258 e. The van der Waals surface area contributed by atoms with Crippen LogP contribution >= 0.6 is 0 Å². The number of hydrogen-bond donors (Lipinski definition) is 1. The van der Waals surface area contributed by atoms with Gasteiger partial charge in [0.05, 0.1) is 0 Å². The molecule has 0 radical (unpaired) electrons. The van der Waals surface area contributed by atoms with Gasteiger partial charge >= 0.3 is 0 Å². The lowest BCUT2D eigenvalue weighted by Gasteiger charge is -2.26. The van der Waals surface area contributed by atoms with E-state index in [0.717, 1.165) is 24.3 Å². The molecule has 0 saturated heterocycles. The summed E-state index contributed by atoms with van der Waals surface area (Å²) in [6, 6.07) is 7.51. The molecule has 0 bridgehead atoms. The zero-order valence-electron chi connectivity index (χ0n) is 13.2. The van der Waals surface area contributed by atoms with Gasteiger partial charge in [0.25, 0.3) is 5.91 Å². The monoisotopic (exact) mass is 315 g/mol. The summed E-state index contributed by atoms with van der Waals surface area (Å²) in [5, 5.41) is 10.5. The van der Waals surface area contributed by atoms with Crippen molar-refractivity contribution in [2.45, 2.75) is 38.6 Å². The number of ether oxygens (including phenoxy) is 1. The van der Waals surface area contributed by atoms with E-state index in [1.54, 1.807) is 12.1 Å². The molecule has 1 heterocycles. The predicted octanol–water partition coefficient (Wildman–Crippen LogP) is 2.81. The van der Waals surface area contributed by atoms with Gasteiger partial charge in [-0.1, -0.05) is 6.92 Å². The van der Waals surface area contributed by atoms with E-state index in [1.165, 1.54) is 19.2 Å². The molecular formula is C17H21N3O3. The van der Waals surface area contributed by atoms with Crippen LogP contribution < -0.4 is 10.1 Å². The van der Waals surface area contributed by atoms with Gasteiger partial charge in [0.15, 0.2) is 6.61 Å². The van der Waals surface area contributed by atoms with Crippen LogP contribution in [-0.2, 0) is 4.79 Å². The molecule has 1 aliphatic rings. The molecule has 1 N–H and O–H groups in total. The third-order valence-corrected chi connectivity index (χ3v) is 4.21. The van der Waals surface area contributed by atoms with Crippen molar-refractivity contribution in [2.75, 3.05) is 6.61 Å². The van der Waals surface area contributed by atoms with Crippen molar-refractivity contribution in [3.63, 3.8) is 0 Å². The summed E-state index contributed by atoms with van der Waals surface area (Å²) in [5.41, 5.74) is 0.815. The fourth-order valence-corrected chi connectivity index (χ4v) is 2.82. The fraction of sp³-hybridized carbons (Fsp3) is 0.471. The molecule has 1 aliphatic carbocycles. The van der Waals surface area contributed by atoms with E-state index in [4.69, 9.17) is 9.15 Å². The Morgan fingerprint density at radius 2 is 2.00 bits per heavy atom. The summed E-state index contributed by atoms with van der Waals surface area (Å²) < 4.78 is 10.6. The highest BCUT2D eigenvalue weighted by atomic mass is 16.5. The molecule has 6 nitrogen and oxygen atoms in total. The van der Waals surface area contributed by atoms with E-state index in [-0.39, 0.29) is 12.5 Å². The Balaban J connectivity index is 1.45. The number of carbonyl (C=O) groups excluding carboxylic acids is 1.